The topological polar surface area (TPSA) is 54.1 Å². The number of rotatable bonds is 5. The van der Waals surface area contributed by atoms with Gasteiger partial charge in [0.1, 0.15) is 17.3 Å². The lowest BCUT2D eigenvalue weighted by molar-refractivity contribution is 0.198. The second-order valence-corrected chi connectivity index (χ2v) is 7.31. The summed E-state index contributed by atoms with van der Waals surface area (Å²) in [5, 5.41) is 13.9. The Morgan fingerprint density at radius 1 is 1.14 bits per heavy atom. The van der Waals surface area contributed by atoms with Gasteiger partial charge < -0.3 is 4.74 Å². The second kappa shape index (κ2) is 8.46. The average molecular weight is 390 g/mol. The smallest absolute Gasteiger partial charge is 0.148 e. The minimum atomic E-state index is -0.308. The van der Waals surface area contributed by atoms with Crippen LogP contribution in [0, 0.1) is 23.1 Å². The summed E-state index contributed by atoms with van der Waals surface area (Å²) in [5.41, 5.74) is 3.26. The molecule has 0 N–H and O–H groups in total. The maximum Gasteiger partial charge on any atom is 0.148 e. The molecule has 1 aromatic heterocycles. The third-order valence-electron chi connectivity index (χ3n) is 5.42. The van der Waals surface area contributed by atoms with Gasteiger partial charge in [-0.2, -0.15) is 10.4 Å². The molecule has 29 heavy (non-hydrogen) atoms. The Kier molecular flexibility index (Phi) is 5.59. The van der Waals surface area contributed by atoms with E-state index in [2.05, 4.69) is 11.0 Å². The molecular formula is C23H23FN4O. The lowest BCUT2D eigenvalue weighted by Gasteiger charge is -2.28. The number of halogens is 1. The van der Waals surface area contributed by atoms with E-state index in [1.807, 2.05) is 30.5 Å². The maximum atomic E-state index is 14.3. The van der Waals surface area contributed by atoms with Crippen molar-refractivity contribution in [2.75, 3.05) is 20.2 Å². The standard InChI is InChI=1S/C23H23FN4O/c1-29-20-8-6-18(7-9-20)23-19(15-27-12-10-17(14-25)11-13-27)16-28(26-23)22-5-3-2-4-21(22)24/h2-9,16-17H,10-13,15H2,1H3. The molecule has 3 aromatic rings. The van der Waals surface area contributed by atoms with Crippen LogP contribution in [0.3, 0.4) is 0 Å². The van der Waals surface area contributed by atoms with E-state index in [-0.39, 0.29) is 11.7 Å². The van der Waals surface area contributed by atoms with Crippen molar-refractivity contribution in [3.63, 3.8) is 0 Å². The highest BCUT2D eigenvalue weighted by molar-refractivity contribution is 5.64. The summed E-state index contributed by atoms with van der Waals surface area (Å²) in [4.78, 5) is 2.34. The van der Waals surface area contributed by atoms with E-state index in [9.17, 15) is 4.39 Å². The quantitative estimate of drug-likeness (QED) is 0.647. The highest BCUT2D eigenvalue weighted by Crippen LogP contribution is 2.28. The Labute approximate surface area is 169 Å². The van der Waals surface area contributed by atoms with Gasteiger partial charge in [-0.3, -0.25) is 4.90 Å². The van der Waals surface area contributed by atoms with Crippen LogP contribution in [0.2, 0.25) is 0 Å². The van der Waals surface area contributed by atoms with Gasteiger partial charge >= 0.3 is 0 Å². The fourth-order valence-electron chi connectivity index (χ4n) is 3.74. The predicted octanol–water partition coefficient (Wildman–Crippen LogP) is 4.42. The lowest BCUT2D eigenvalue weighted by Crippen LogP contribution is -2.32. The molecule has 0 aliphatic carbocycles. The fraction of sp³-hybridized carbons (Fsp3) is 0.304. The highest BCUT2D eigenvalue weighted by Gasteiger charge is 2.22. The van der Waals surface area contributed by atoms with Crippen LogP contribution in [0.1, 0.15) is 18.4 Å². The van der Waals surface area contributed by atoms with Gasteiger partial charge in [0, 0.05) is 29.8 Å². The van der Waals surface area contributed by atoms with Crippen molar-refractivity contribution in [2.24, 2.45) is 5.92 Å². The number of likely N-dealkylation sites (tertiary alicyclic amines) is 1. The number of hydrogen-bond acceptors (Lipinski definition) is 4. The maximum absolute atomic E-state index is 14.3. The van der Waals surface area contributed by atoms with E-state index in [4.69, 9.17) is 15.1 Å². The summed E-state index contributed by atoms with van der Waals surface area (Å²) < 4.78 is 21.2. The van der Waals surface area contributed by atoms with Gasteiger partial charge in [0.2, 0.25) is 0 Å². The Morgan fingerprint density at radius 3 is 2.52 bits per heavy atom. The van der Waals surface area contributed by atoms with Crippen LogP contribution < -0.4 is 4.74 Å². The molecule has 1 aliphatic heterocycles. The number of nitrogens with zero attached hydrogens (tertiary/aromatic N) is 4. The molecule has 2 aromatic carbocycles. The lowest BCUT2D eigenvalue weighted by atomic mass is 9.98. The van der Waals surface area contributed by atoms with Gasteiger partial charge in [0.25, 0.3) is 0 Å². The Balaban J connectivity index is 1.68. The molecule has 0 atom stereocenters. The first-order valence-electron chi connectivity index (χ1n) is 9.78. The first-order chi connectivity index (χ1) is 14.2. The molecule has 0 amide bonds. The molecule has 4 rings (SSSR count). The molecule has 2 heterocycles. The molecule has 0 bridgehead atoms. The zero-order valence-electron chi connectivity index (χ0n) is 16.4. The summed E-state index contributed by atoms with van der Waals surface area (Å²) in [6.07, 6.45) is 3.68. The van der Waals surface area contributed by atoms with E-state index in [0.29, 0.717) is 12.2 Å². The van der Waals surface area contributed by atoms with Gasteiger partial charge in [-0.1, -0.05) is 12.1 Å². The van der Waals surface area contributed by atoms with Crippen LogP contribution in [0.15, 0.2) is 54.7 Å². The number of ether oxygens (including phenoxy) is 1. The zero-order valence-corrected chi connectivity index (χ0v) is 16.4. The molecule has 0 spiro atoms. The molecule has 1 saturated heterocycles. The van der Waals surface area contributed by atoms with Gasteiger partial charge in [-0.15, -0.1) is 0 Å². The number of aromatic nitrogens is 2. The number of piperidine rings is 1. The van der Waals surface area contributed by atoms with Crippen LogP contribution >= 0.6 is 0 Å². The van der Waals surface area contributed by atoms with E-state index in [0.717, 1.165) is 48.5 Å². The Hall–Kier alpha value is -3.17. The molecule has 1 aliphatic rings. The fourth-order valence-corrected chi connectivity index (χ4v) is 3.74. The van der Waals surface area contributed by atoms with Gasteiger partial charge in [0.15, 0.2) is 0 Å². The summed E-state index contributed by atoms with van der Waals surface area (Å²) in [5.74, 6) is 0.619. The molecule has 0 radical (unpaired) electrons. The normalized spacial score (nSPS) is 15.2. The van der Waals surface area contributed by atoms with Crippen molar-refractivity contribution in [1.82, 2.24) is 14.7 Å². The minimum absolute atomic E-state index is 0.147. The summed E-state index contributed by atoms with van der Waals surface area (Å²) in [6.45, 7) is 2.48. The first-order valence-corrected chi connectivity index (χ1v) is 9.78. The molecule has 6 heteroatoms. The first kappa shape index (κ1) is 19.2. The Morgan fingerprint density at radius 2 is 1.86 bits per heavy atom. The highest BCUT2D eigenvalue weighted by atomic mass is 19.1. The molecule has 148 valence electrons. The number of methoxy groups -OCH3 is 1. The van der Waals surface area contributed by atoms with Gasteiger partial charge in [0.05, 0.1) is 18.9 Å². The third-order valence-corrected chi connectivity index (χ3v) is 5.42. The van der Waals surface area contributed by atoms with E-state index >= 15 is 0 Å². The predicted molar refractivity (Wildman–Crippen MR) is 109 cm³/mol. The summed E-state index contributed by atoms with van der Waals surface area (Å²) >= 11 is 0. The van der Waals surface area contributed by atoms with Crippen LogP contribution in [0.5, 0.6) is 5.75 Å². The van der Waals surface area contributed by atoms with Crippen molar-refractivity contribution in [1.29, 1.82) is 5.26 Å². The minimum Gasteiger partial charge on any atom is -0.497 e. The summed E-state index contributed by atoms with van der Waals surface area (Å²) in [7, 11) is 1.64. The zero-order chi connectivity index (χ0) is 20.2. The molecule has 1 fully saturated rings. The SMILES string of the molecule is COc1ccc(-c2nn(-c3ccccc3F)cc2CN2CCC(C#N)CC2)cc1. The number of hydrogen-bond donors (Lipinski definition) is 0. The second-order valence-electron chi connectivity index (χ2n) is 7.31. The van der Waals surface area contributed by atoms with Crippen molar-refractivity contribution < 1.29 is 9.13 Å². The van der Waals surface area contributed by atoms with Crippen molar-refractivity contribution in [3.05, 3.63) is 66.1 Å². The van der Waals surface area contributed by atoms with Crippen LogP contribution in [-0.4, -0.2) is 34.9 Å². The number of nitriles is 1. The number of benzene rings is 2. The van der Waals surface area contributed by atoms with Crippen molar-refractivity contribution >= 4 is 0 Å². The summed E-state index contributed by atoms with van der Waals surface area (Å²) in [6, 6.07) is 16.8. The van der Waals surface area contributed by atoms with Crippen LogP contribution in [0.4, 0.5) is 4.39 Å². The number of para-hydroxylation sites is 1. The molecule has 5 nitrogen and oxygen atoms in total. The monoisotopic (exact) mass is 390 g/mol. The van der Waals surface area contributed by atoms with Gasteiger partial charge in [-0.25, -0.2) is 9.07 Å². The van der Waals surface area contributed by atoms with E-state index in [1.165, 1.54) is 6.07 Å². The van der Waals surface area contributed by atoms with Crippen molar-refractivity contribution in [3.8, 4) is 28.8 Å². The van der Waals surface area contributed by atoms with Gasteiger partial charge in [-0.05, 0) is 62.3 Å². The van der Waals surface area contributed by atoms with E-state index in [1.54, 1.807) is 30.0 Å². The average Bonchev–Trinajstić information content (AvgIpc) is 3.18. The molecule has 0 unspecified atom stereocenters. The van der Waals surface area contributed by atoms with Crippen molar-refractivity contribution in [2.45, 2.75) is 19.4 Å². The third kappa shape index (κ3) is 4.15. The van der Waals surface area contributed by atoms with Crippen LogP contribution in [-0.2, 0) is 6.54 Å². The van der Waals surface area contributed by atoms with Crippen LogP contribution in [0.25, 0.3) is 16.9 Å². The Bertz CT molecular complexity index is 1010. The molecule has 0 saturated carbocycles. The molecular weight excluding hydrogens is 367 g/mol. The van der Waals surface area contributed by atoms with E-state index < -0.39 is 0 Å². The largest absolute Gasteiger partial charge is 0.497 e.